The third-order valence-corrected chi connectivity index (χ3v) is 6.34. The van der Waals surface area contributed by atoms with Crippen molar-refractivity contribution in [2.45, 2.75) is 18.5 Å². The minimum atomic E-state index is -0.627. The largest absolute Gasteiger partial charge is 0.733 e. The van der Waals surface area contributed by atoms with Crippen molar-refractivity contribution >= 4 is 28.4 Å². The van der Waals surface area contributed by atoms with Crippen LogP contribution in [0.15, 0.2) is 48.5 Å². The van der Waals surface area contributed by atoms with E-state index in [0.29, 0.717) is 19.6 Å². The molecule has 166 valence electrons. The lowest BCUT2D eigenvalue weighted by molar-refractivity contribution is -0.159. The summed E-state index contributed by atoms with van der Waals surface area (Å²) < 4.78 is 5.11. The number of hydrogen-bond acceptors (Lipinski definition) is 6. The second-order valence-corrected chi connectivity index (χ2v) is 8.10. The molecule has 9 nitrogen and oxygen atoms in total. The summed E-state index contributed by atoms with van der Waals surface area (Å²) >= 11 is 0. The number of rotatable bonds is 5. The van der Waals surface area contributed by atoms with Crippen LogP contribution >= 0.6 is 0 Å². The van der Waals surface area contributed by atoms with Crippen molar-refractivity contribution in [3.8, 4) is 0 Å². The Morgan fingerprint density at radius 3 is 2.66 bits per heavy atom. The summed E-state index contributed by atoms with van der Waals surface area (Å²) in [5, 5.41) is 21.2. The number of ether oxygens (including phenoxy) is 1. The van der Waals surface area contributed by atoms with E-state index >= 15 is 0 Å². The summed E-state index contributed by atoms with van der Waals surface area (Å²) in [5.74, 6) is -0.239. The van der Waals surface area contributed by atoms with E-state index in [-0.39, 0.29) is 29.3 Å². The molecule has 0 bridgehead atoms. The van der Waals surface area contributed by atoms with E-state index in [1.165, 1.54) is 12.1 Å². The Balaban J connectivity index is 1.64. The molecule has 1 aromatic heterocycles. The molecule has 9 heteroatoms. The van der Waals surface area contributed by atoms with Gasteiger partial charge in [-0.2, -0.15) is 0 Å². The number of H-pyrrole nitrogens is 1. The number of aromatic nitrogens is 1. The zero-order valence-electron chi connectivity index (χ0n) is 17.5. The molecule has 2 atom stereocenters. The molecule has 2 aliphatic heterocycles. The number of piperazine rings is 1. The lowest BCUT2D eigenvalue weighted by Gasteiger charge is -2.47. The molecule has 2 aliphatic rings. The Hall–Kier alpha value is -3.40. The average Bonchev–Trinajstić information content (AvgIpc) is 3.17. The van der Waals surface area contributed by atoms with Crippen LogP contribution in [-0.4, -0.2) is 64.7 Å². The number of nitrogens with one attached hydrogen (secondary N) is 1. The van der Waals surface area contributed by atoms with Gasteiger partial charge in [-0.15, -0.1) is 0 Å². The zero-order chi connectivity index (χ0) is 22.4. The van der Waals surface area contributed by atoms with Gasteiger partial charge in [0.25, 0.3) is 0 Å². The van der Waals surface area contributed by atoms with Crippen LogP contribution in [0.25, 0.3) is 10.9 Å². The van der Waals surface area contributed by atoms with Crippen LogP contribution in [0.2, 0.25) is 0 Å². The number of carbonyl (C=O) groups is 2. The molecular formula is C23H23N4O5-. The molecule has 1 fully saturated rings. The molecule has 5 rings (SSSR count). The summed E-state index contributed by atoms with van der Waals surface area (Å²) in [5.41, 5.74) is 3.66. The van der Waals surface area contributed by atoms with Crippen LogP contribution in [0.5, 0.6) is 0 Å². The topological polar surface area (TPSA) is 112 Å². The first-order chi connectivity index (χ1) is 15.5. The minimum Gasteiger partial charge on any atom is -0.733 e. The van der Waals surface area contributed by atoms with E-state index in [2.05, 4.69) is 4.98 Å². The number of nitrogens with zero attached hydrogens (tertiary/aromatic N) is 3. The van der Waals surface area contributed by atoms with Gasteiger partial charge < -0.3 is 30.0 Å². The number of fused-ring (bicyclic) bond motifs is 4. The number of anilines is 1. The summed E-state index contributed by atoms with van der Waals surface area (Å²) in [4.78, 5) is 33.4. The monoisotopic (exact) mass is 435 g/mol. The molecule has 0 saturated carbocycles. The number of carbonyl (C=O) groups excluding carboxylic acids is 2. The molecule has 1 unspecified atom stereocenters. The molecule has 32 heavy (non-hydrogen) atoms. The molecular weight excluding hydrogens is 412 g/mol. The van der Waals surface area contributed by atoms with E-state index < -0.39 is 12.1 Å². The van der Waals surface area contributed by atoms with E-state index in [4.69, 9.17) is 4.74 Å². The molecule has 0 radical (unpaired) electrons. The Labute approximate surface area is 184 Å². The van der Waals surface area contributed by atoms with Crippen LogP contribution in [0, 0.1) is 5.21 Å². The average molecular weight is 435 g/mol. The maximum Gasteiger partial charge on any atom is 0.246 e. The normalized spacial score (nSPS) is 20.5. The number of amides is 2. The van der Waals surface area contributed by atoms with Crippen molar-refractivity contribution in [1.82, 2.24) is 14.8 Å². The van der Waals surface area contributed by atoms with Crippen molar-refractivity contribution in [3.63, 3.8) is 0 Å². The summed E-state index contributed by atoms with van der Waals surface area (Å²) in [6, 6.07) is 13.1. The van der Waals surface area contributed by atoms with Gasteiger partial charge in [-0.05, 0) is 29.3 Å². The summed E-state index contributed by atoms with van der Waals surface area (Å²) in [6.45, 7) is 0.719. The number of para-hydroxylation sites is 1. The second kappa shape index (κ2) is 7.94. The van der Waals surface area contributed by atoms with E-state index in [1.54, 1.807) is 29.0 Å². The fourth-order valence-corrected chi connectivity index (χ4v) is 4.84. The predicted molar refractivity (Wildman–Crippen MR) is 117 cm³/mol. The Bertz CT molecular complexity index is 1170. The van der Waals surface area contributed by atoms with E-state index in [9.17, 15) is 20.0 Å². The fraction of sp³-hybridized carbons (Fsp3) is 0.304. The number of methoxy groups -OCH3 is 1. The highest BCUT2D eigenvalue weighted by molar-refractivity contribution is 5.97. The summed E-state index contributed by atoms with van der Waals surface area (Å²) in [7, 11) is 1.57. The minimum absolute atomic E-state index is 0.00613. The Kier molecular flexibility index (Phi) is 5.09. The van der Waals surface area contributed by atoms with E-state index in [0.717, 1.165) is 27.7 Å². The molecule has 2 amide bonds. The van der Waals surface area contributed by atoms with Crippen molar-refractivity contribution in [2.24, 2.45) is 0 Å². The van der Waals surface area contributed by atoms with Crippen LogP contribution in [0.4, 0.5) is 5.69 Å². The fourth-order valence-electron chi connectivity index (χ4n) is 4.84. The van der Waals surface area contributed by atoms with Crippen LogP contribution < -0.4 is 5.23 Å². The van der Waals surface area contributed by atoms with Gasteiger partial charge in [0.05, 0.1) is 24.9 Å². The third-order valence-electron chi connectivity index (χ3n) is 6.34. The zero-order valence-corrected chi connectivity index (χ0v) is 17.5. The summed E-state index contributed by atoms with van der Waals surface area (Å²) in [6.07, 6.45) is 0.424. The molecule has 2 N–H and O–H groups in total. The molecule has 1 saturated heterocycles. The molecule has 2 aromatic carbocycles. The Morgan fingerprint density at radius 1 is 1.19 bits per heavy atom. The van der Waals surface area contributed by atoms with Gasteiger partial charge in [-0.3, -0.25) is 14.8 Å². The van der Waals surface area contributed by atoms with Gasteiger partial charge in [-0.1, -0.05) is 30.3 Å². The molecule has 0 aliphatic carbocycles. The van der Waals surface area contributed by atoms with Crippen molar-refractivity contribution in [1.29, 1.82) is 0 Å². The second-order valence-electron chi connectivity index (χ2n) is 8.10. The molecule has 0 spiro atoms. The third kappa shape index (κ3) is 3.22. The Morgan fingerprint density at radius 2 is 1.94 bits per heavy atom. The number of hydrogen-bond donors (Lipinski definition) is 2. The number of aromatic amines is 1. The molecule has 3 aromatic rings. The van der Waals surface area contributed by atoms with E-state index in [1.807, 2.05) is 24.3 Å². The first-order valence-corrected chi connectivity index (χ1v) is 10.4. The highest BCUT2D eigenvalue weighted by atomic mass is 16.8. The molecule has 3 heterocycles. The lowest BCUT2D eigenvalue weighted by atomic mass is 9.86. The van der Waals surface area contributed by atoms with Crippen LogP contribution in [0.1, 0.15) is 22.9 Å². The van der Waals surface area contributed by atoms with Gasteiger partial charge in [0.15, 0.2) is 0 Å². The highest BCUT2D eigenvalue weighted by Crippen LogP contribution is 2.42. The van der Waals surface area contributed by atoms with Gasteiger partial charge >= 0.3 is 0 Å². The van der Waals surface area contributed by atoms with Crippen molar-refractivity contribution in [2.75, 3.05) is 32.0 Å². The first-order valence-electron chi connectivity index (χ1n) is 10.4. The SMILES string of the molecule is COCCN1CC(=O)N2C(c3ccc(N([O-])O)cc3)c3[nH]c4ccccc4c3C[C@H]2C1=O. The lowest BCUT2D eigenvalue weighted by Crippen LogP contribution is -2.63. The highest BCUT2D eigenvalue weighted by Gasteiger charge is 2.48. The maximum absolute atomic E-state index is 13.4. The van der Waals surface area contributed by atoms with Gasteiger partial charge in [0.2, 0.25) is 11.8 Å². The quantitative estimate of drug-likeness (QED) is 0.594. The van der Waals surface area contributed by atoms with Gasteiger partial charge in [0.1, 0.15) is 6.04 Å². The predicted octanol–water partition coefficient (Wildman–Crippen LogP) is 2.19. The van der Waals surface area contributed by atoms with Crippen molar-refractivity contribution in [3.05, 3.63) is 70.6 Å². The smallest absolute Gasteiger partial charge is 0.246 e. The maximum atomic E-state index is 13.4. The van der Waals surface area contributed by atoms with Gasteiger partial charge in [-0.25, -0.2) is 0 Å². The number of benzene rings is 2. The standard InChI is InChI=1S/C23H23N4O5/c1-32-11-10-25-13-20(28)26-19(23(25)29)12-17-16-4-2-3-5-18(16)24-21(17)22(26)14-6-8-15(9-7-14)27(30)31/h2-9,19,22,24,30H,10-13H2,1H3/q-1/t19-,22?/m0/s1. The van der Waals surface area contributed by atoms with Crippen LogP contribution in [-0.2, 0) is 20.7 Å². The van der Waals surface area contributed by atoms with Gasteiger partial charge in [0, 0.05) is 36.7 Å². The van der Waals surface area contributed by atoms with Crippen molar-refractivity contribution < 1.29 is 19.5 Å². The first kappa shape index (κ1) is 20.5. The van der Waals surface area contributed by atoms with Crippen LogP contribution in [0.3, 0.4) is 0 Å².